The van der Waals surface area contributed by atoms with E-state index in [1.807, 2.05) is 0 Å². The molecule has 0 fully saturated rings. The van der Waals surface area contributed by atoms with E-state index in [2.05, 4.69) is 0 Å². The first-order valence-electron chi connectivity index (χ1n) is 0.894. The minimum absolute atomic E-state index is 0. The quantitative estimate of drug-likeness (QED) is 0.331. The Bertz CT molecular complexity index is 31.5. The molecule has 0 amide bonds. The van der Waals surface area contributed by atoms with Gasteiger partial charge in [0.1, 0.15) is 0 Å². The van der Waals surface area contributed by atoms with Crippen LogP contribution in [0.5, 0.6) is 0 Å². The zero-order chi connectivity index (χ0) is 4.50. The van der Waals surface area contributed by atoms with Crippen LogP contribution in [-0.4, -0.2) is 93.5 Å². The van der Waals surface area contributed by atoms with E-state index in [1.54, 1.807) is 0 Å². The van der Waals surface area contributed by atoms with Crippen molar-refractivity contribution in [3.05, 3.63) is 0 Å². The maximum atomic E-state index is 7.33. The molecule has 0 spiro atoms. The summed E-state index contributed by atoms with van der Waals surface area (Å²) < 4.78 is 0. The van der Waals surface area contributed by atoms with Crippen LogP contribution in [0.1, 0.15) is 0 Å². The molecule has 0 aromatic carbocycles. The first-order valence-corrected chi connectivity index (χ1v) is 2.68. The summed E-state index contributed by atoms with van der Waals surface area (Å²) in [6.07, 6.45) is 0. The maximum absolute atomic E-state index is 7.33. The summed E-state index contributed by atoms with van der Waals surface area (Å²) in [6, 6.07) is 0. The molecule has 0 heterocycles. The van der Waals surface area contributed by atoms with Gasteiger partial charge in [0.25, 0.3) is 0 Å². The van der Waals surface area contributed by atoms with E-state index in [1.165, 1.54) is 0 Å². The van der Waals surface area contributed by atoms with Gasteiger partial charge in [0, 0.05) is 22.4 Å². The second kappa shape index (κ2) is 9.91. The average Bonchev–Trinajstić information content (AvgIpc) is 0.722. The molecule has 0 rings (SSSR count). The van der Waals surface area contributed by atoms with Crippen LogP contribution < -0.4 is 0 Å². The predicted molar refractivity (Wildman–Crippen MR) is 33.1 cm³/mol. The molecule has 8 heavy (non-hydrogen) atoms. The van der Waals surface area contributed by atoms with Crippen molar-refractivity contribution in [3.63, 3.8) is 0 Å². The van der Waals surface area contributed by atoms with E-state index >= 15 is 0 Å². The van der Waals surface area contributed by atoms with E-state index in [-0.39, 0.29) is 87.7 Å². The molecule has 1 radical (unpaired) electrons. The number of rotatable bonds is 0. The van der Waals surface area contributed by atoms with Gasteiger partial charge in [0.2, 0.25) is 0 Å². The van der Waals surface area contributed by atoms with Crippen LogP contribution in [0.25, 0.3) is 0 Å². The van der Waals surface area contributed by atoms with Crippen LogP contribution in [0, 0.1) is 0 Å². The molecule has 0 aliphatic heterocycles. The first kappa shape index (κ1) is 22.4. The molecule has 8 heteroatoms. The average molecular weight is 351 g/mol. The van der Waals surface area contributed by atoms with Crippen LogP contribution in [-0.2, 0) is 22.4 Å². The Morgan fingerprint density at radius 3 is 0.875 bits per heavy atom. The Morgan fingerprint density at radius 2 is 0.875 bits per heavy atom. The predicted octanol–water partition coefficient (Wildman–Crippen LogP) is -4.71. The van der Waals surface area contributed by atoms with Crippen LogP contribution >= 0.6 is 0 Å². The summed E-state index contributed by atoms with van der Waals surface area (Å²) >= 11 is 0. The van der Waals surface area contributed by atoms with E-state index in [0.29, 0.717) is 0 Å². The van der Waals surface area contributed by atoms with Gasteiger partial charge in [0.15, 0.2) is 0 Å². The molecule has 4 N–H and O–H groups in total. The van der Waals surface area contributed by atoms with Gasteiger partial charge in [-0.25, -0.2) is 0 Å². The van der Waals surface area contributed by atoms with Gasteiger partial charge in [-0.15, -0.1) is 0 Å². The molecule has 0 aliphatic rings. The summed E-state index contributed by atoms with van der Waals surface area (Å²) in [4.78, 5) is 29.3. The van der Waals surface area contributed by atoms with Crippen molar-refractivity contribution >= 4 is 74.3 Å². The van der Waals surface area contributed by atoms with Gasteiger partial charge in [-0.1, -0.05) is 0 Å². The molecule has 0 unspecified atom stereocenters. The number of hydrogen-bond donors (Lipinski definition) is 4. The summed E-state index contributed by atoms with van der Waals surface area (Å²) in [6.45, 7) is 0. The summed E-state index contributed by atoms with van der Waals surface area (Å²) in [7, 11) is -4.61. The Kier molecular flexibility index (Phi) is 27.8. The van der Waals surface area contributed by atoms with Gasteiger partial charge in [-0.2, -0.15) is 0 Å². The van der Waals surface area contributed by atoms with Crippen LogP contribution in [0.3, 0.4) is 0 Å². The molecule has 0 bridgehead atoms. The van der Waals surface area contributed by atoms with Crippen LogP contribution in [0.15, 0.2) is 0 Å². The molecule has 0 saturated carbocycles. The third-order valence-electron chi connectivity index (χ3n) is 0. The Morgan fingerprint density at radius 1 is 0.875 bits per heavy atom. The van der Waals surface area contributed by atoms with Crippen molar-refractivity contribution in [2.75, 3.05) is 0 Å². The number of hydrogen-bond acceptors (Lipinski definition) is 4. The summed E-state index contributed by atoms with van der Waals surface area (Å²) in [5, 5.41) is 0. The standard InChI is InChI=1S/Ga.Nb.H4O4Si.Sr.5H/c;;1-5(2,3)4;;;;;;/h;;1-4H;;;;;;. The van der Waals surface area contributed by atoms with Crippen LogP contribution in [0.2, 0.25) is 0 Å². The molecule has 4 nitrogen and oxygen atoms in total. The van der Waals surface area contributed by atoms with E-state index < -0.39 is 9.05 Å². The molecular weight excluding hydrogens is 342 g/mol. The van der Waals surface area contributed by atoms with E-state index in [9.17, 15) is 0 Å². The fraction of sp³-hybridized carbons (Fsp3) is 0. The molecular formula is H9GaNbO4SiSr. The summed E-state index contributed by atoms with van der Waals surface area (Å²) in [5.41, 5.74) is 0. The molecule has 0 atom stereocenters. The normalized spacial score (nSPS) is 7.50. The van der Waals surface area contributed by atoms with Gasteiger partial charge in [-0.3, -0.25) is 0 Å². The fourth-order valence-corrected chi connectivity index (χ4v) is 0. The Hall–Kier alpha value is 2.91. The summed E-state index contributed by atoms with van der Waals surface area (Å²) in [5.74, 6) is 0. The monoisotopic (exact) mass is 351 g/mol. The molecule has 0 saturated heterocycles. The third kappa shape index (κ3) is 65.7. The molecule has 0 aliphatic carbocycles. The topological polar surface area (TPSA) is 80.9 Å². The van der Waals surface area contributed by atoms with Gasteiger partial charge < -0.3 is 19.2 Å². The van der Waals surface area contributed by atoms with Gasteiger partial charge >= 0.3 is 74.3 Å². The van der Waals surface area contributed by atoms with Gasteiger partial charge in [0.05, 0.1) is 0 Å². The molecule has 47 valence electrons. The molecule has 0 aromatic heterocycles. The van der Waals surface area contributed by atoms with Gasteiger partial charge in [-0.05, 0) is 0 Å². The van der Waals surface area contributed by atoms with Crippen molar-refractivity contribution in [1.29, 1.82) is 0 Å². The first-order chi connectivity index (χ1) is 2.00. The van der Waals surface area contributed by atoms with E-state index in [0.717, 1.165) is 0 Å². The zero-order valence-corrected chi connectivity index (χ0v) is 5.93. The fourth-order valence-electron chi connectivity index (χ4n) is 0. The minimum atomic E-state index is -4.61. The van der Waals surface area contributed by atoms with Crippen LogP contribution in [0.4, 0.5) is 0 Å². The van der Waals surface area contributed by atoms with Crippen molar-refractivity contribution in [1.82, 2.24) is 0 Å². The molecule has 0 aromatic rings. The Balaban J connectivity index is -0.0000000267. The van der Waals surface area contributed by atoms with Crippen molar-refractivity contribution in [3.8, 4) is 0 Å². The van der Waals surface area contributed by atoms with Crippen molar-refractivity contribution in [2.24, 2.45) is 0 Å². The van der Waals surface area contributed by atoms with Crippen molar-refractivity contribution < 1.29 is 41.6 Å². The van der Waals surface area contributed by atoms with E-state index in [4.69, 9.17) is 19.2 Å². The third-order valence-corrected chi connectivity index (χ3v) is 0. The van der Waals surface area contributed by atoms with Crippen molar-refractivity contribution in [2.45, 2.75) is 0 Å². The Labute approximate surface area is 114 Å². The second-order valence-corrected chi connectivity index (χ2v) is 1.80. The zero-order valence-electron chi connectivity index (χ0n) is 2.74. The second-order valence-electron chi connectivity index (χ2n) is 0.600. The SMILES string of the molecule is O[Si](O)(O)O.[GaH3].[Nb].[SrH2].